The van der Waals surface area contributed by atoms with Crippen LogP contribution in [0.2, 0.25) is 0 Å². The molecule has 0 aromatic carbocycles. The second-order valence-corrected chi connectivity index (χ2v) is 7.15. The van der Waals surface area contributed by atoms with Gasteiger partial charge in [-0.3, -0.25) is 14.5 Å². The molecular formula is C21H24N6O. The van der Waals surface area contributed by atoms with Crippen LogP contribution in [0.25, 0.3) is 11.3 Å². The fraction of sp³-hybridized carbons (Fsp3) is 0.333. The summed E-state index contributed by atoms with van der Waals surface area (Å²) < 4.78 is 1.74. The minimum atomic E-state index is -0.239. The average molecular weight is 376 g/mol. The first-order chi connectivity index (χ1) is 13.6. The highest BCUT2D eigenvalue weighted by molar-refractivity contribution is 6.04. The van der Waals surface area contributed by atoms with Gasteiger partial charge in [-0.25, -0.2) is 4.98 Å². The summed E-state index contributed by atoms with van der Waals surface area (Å²) in [5.74, 6) is 0.589. The van der Waals surface area contributed by atoms with Crippen molar-refractivity contribution in [2.45, 2.75) is 26.2 Å². The van der Waals surface area contributed by atoms with Crippen molar-refractivity contribution in [2.24, 2.45) is 7.05 Å². The Kier molecular flexibility index (Phi) is 5.06. The Bertz CT molecular complexity index is 976. The summed E-state index contributed by atoms with van der Waals surface area (Å²) in [6.07, 6.45) is 8.87. The lowest BCUT2D eigenvalue weighted by Crippen LogP contribution is -2.30. The van der Waals surface area contributed by atoms with Gasteiger partial charge in [0.05, 0.1) is 11.9 Å². The van der Waals surface area contributed by atoms with Gasteiger partial charge in [0.1, 0.15) is 11.4 Å². The highest BCUT2D eigenvalue weighted by Crippen LogP contribution is 2.27. The number of anilines is 2. The van der Waals surface area contributed by atoms with E-state index in [4.69, 9.17) is 0 Å². The largest absolute Gasteiger partial charge is 0.353 e. The lowest BCUT2D eigenvalue weighted by atomic mass is 10.1. The van der Waals surface area contributed by atoms with Crippen LogP contribution in [0.5, 0.6) is 0 Å². The van der Waals surface area contributed by atoms with Gasteiger partial charge >= 0.3 is 0 Å². The average Bonchev–Trinajstić information content (AvgIpc) is 3.09. The Morgan fingerprint density at radius 1 is 1.14 bits per heavy atom. The van der Waals surface area contributed by atoms with Crippen molar-refractivity contribution < 1.29 is 4.79 Å². The number of aryl methyl sites for hydroxylation is 2. The molecule has 1 saturated heterocycles. The normalized spacial score (nSPS) is 14.1. The van der Waals surface area contributed by atoms with E-state index in [0.29, 0.717) is 5.69 Å². The maximum Gasteiger partial charge on any atom is 0.274 e. The van der Waals surface area contributed by atoms with Gasteiger partial charge in [0.15, 0.2) is 5.82 Å². The second kappa shape index (κ2) is 7.80. The van der Waals surface area contributed by atoms with Crippen molar-refractivity contribution in [3.05, 3.63) is 54.1 Å². The summed E-state index contributed by atoms with van der Waals surface area (Å²) in [7, 11) is 1.87. The molecule has 144 valence electrons. The summed E-state index contributed by atoms with van der Waals surface area (Å²) in [6.45, 7) is 3.91. The van der Waals surface area contributed by atoms with Crippen molar-refractivity contribution in [2.75, 3.05) is 23.3 Å². The number of carbonyl (C=O) groups is 1. The third kappa shape index (κ3) is 3.74. The number of hydrogen-bond donors (Lipinski definition) is 1. The van der Waals surface area contributed by atoms with E-state index in [0.717, 1.165) is 54.3 Å². The Morgan fingerprint density at radius 2 is 1.96 bits per heavy atom. The quantitative estimate of drug-likeness (QED) is 0.755. The van der Waals surface area contributed by atoms with E-state index in [-0.39, 0.29) is 5.91 Å². The van der Waals surface area contributed by atoms with E-state index in [2.05, 4.69) is 25.3 Å². The zero-order valence-electron chi connectivity index (χ0n) is 16.2. The molecular weight excluding hydrogens is 352 g/mol. The van der Waals surface area contributed by atoms with Gasteiger partial charge in [-0.2, -0.15) is 5.10 Å². The predicted molar refractivity (Wildman–Crippen MR) is 109 cm³/mol. The van der Waals surface area contributed by atoms with E-state index < -0.39 is 0 Å². The van der Waals surface area contributed by atoms with Crippen LogP contribution in [-0.2, 0) is 7.05 Å². The Morgan fingerprint density at radius 3 is 2.71 bits per heavy atom. The number of hydrogen-bond acceptors (Lipinski definition) is 5. The molecule has 0 atom stereocenters. The standard InChI is InChI=1S/C21H24N6O/c1-15-8-9-17(23-19(15)16-7-6-10-22-13-16)21(28)24-18-14-26(2)25-20(18)27-11-4-3-5-12-27/h6-10,13-14H,3-5,11-12H2,1-2H3,(H,24,28). The molecule has 0 unspecified atom stereocenters. The number of aromatic nitrogens is 4. The maximum atomic E-state index is 12.9. The molecule has 1 aliphatic rings. The van der Waals surface area contributed by atoms with Gasteiger partial charge in [0, 0.05) is 38.1 Å². The zero-order valence-corrected chi connectivity index (χ0v) is 16.2. The first-order valence-corrected chi connectivity index (χ1v) is 9.60. The zero-order chi connectivity index (χ0) is 19.5. The Balaban J connectivity index is 1.60. The number of amides is 1. The van der Waals surface area contributed by atoms with Crippen molar-refractivity contribution >= 4 is 17.4 Å². The third-order valence-electron chi connectivity index (χ3n) is 4.98. The second-order valence-electron chi connectivity index (χ2n) is 7.15. The SMILES string of the molecule is Cc1ccc(C(=O)Nc2cn(C)nc2N2CCCCC2)nc1-c1cccnc1. The van der Waals surface area contributed by atoms with Crippen LogP contribution in [0.4, 0.5) is 11.5 Å². The van der Waals surface area contributed by atoms with E-state index in [1.807, 2.05) is 38.4 Å². The predicted octanol–water partition coefficient (Wildman–Crippen LogP) is 3.43. The first kappa shape index (κ1) is 18.2. The van der Waals surface area contributed by atoms with Crippen LogP contribution >= 0.6 is 0 Å². The van der Waals surface area contributed by atoms with E-state index in [9.17, 15) is 4.79 Å². The summed E-state index contributed by atoms with van der Waals surface area (Å²) in [5, 5.41) is 7.56. The molecule has 28 heavy (non-hydrogen) atoms. The molecule has 4 rings (SSSR count). The molecule has 1 N–H and O–H groups in total. The molecule has 0 saturated carbocycles. The van der Waals surface area contributed by atoms with Crippen LogP contribution in [0, 0.1) is 6.92 Å². The van der Waals surface area contributed by atoms with Crippen LogP contribution in [-0.4, -0.2) is 38.7 Å². The molecule has 7 heteroatoms. The monoisotopic (exact) mass is 376 g/mol. The van der Waals surface area contributed by atoms with Crippen molar-refractivity contribution in [1.82, 2.24) is 19.7 Å². The molecule has 4 heterocycles. The molecule has 0 radical (unpaired) electrons. The molecule has 0 spiro atoms. The van der Waals surface area contributed by atoms with Crippen molar-refractivity contribution in [1.29, 1.82) is 0 Å². The van der Waals surface area contributed by atoms with E-state index in [1.54, 1.807) is 23.1 Å². The number of carbonyl (C=O) groups excluding carboxylic acids is 1. The minimum Gasteiger partial charge on any atom is -0.353 e. The van der Waals surface area contributed by atoms with Gasteiger partial charge in [0.25, 0.3) is 5.91 Å². The smallest absolute Gasteiger partial charge is 0.274 e. The fourth-order valence-corrected chi connectivity index (χ4v) is 3.54. The highest BCUT2D eigenvalue weighted by Gasteiger charge is 2.20. The Labute approximate surface area is 164 Å². The topological polar surface area (TPSA) is 75.9 Å². The molecule has 1 fully saturated rings. The number of nitrogens with one attached hydrogen (secondary N) is 1. The van der Waals surface area contributed by atoms with E-state index >= 15 is 0 Å². The molecule has 0 aliphatic carbocycles. The Hall–Kier alpha value is -3.22. The van der Waals surface area contributed by atoms with Gasteiger partial charge in [-0.1, -0.05) is 6.07 Å². The lowest BCUT2D eigenvalue weighted by Gasteiger charge is -2.27. The summed E-state index contributed by atoms with van der Waals surface area (Å²) in [6, 6.07) is 7.48. The molecule has 3 aromatic rings. The molecule has 7 nitrogen and oxygen atoms in total. The van der Waals surface area contributed by atoms with Gasteiger partial charge in [-0.05, 0) is 49.9 Å². The number of pyridine rings is 2. The number of nitrogens with zero attached hydrogens (tertiary/aromatic N) is 5. The van der Waals surface area contributed by atoms with Crippen LogP contribution in [0.1, 0.15) is 35.3 Å². The third-order valence-corrected chi connectivity index (χ3v) is 4.98. The van der Waals surface area contributed by atoms with E-state index in [1.165, 1.54) is 6.42 Å². The van der Waals surface area contributed by atoms with Crippen LogP contribution < -0.4 is 10.2 Å². The number of rotatable bonds is 4. The van der Waals surface area contributed by atoms with Crippen molar-refractivity contribution in [3.8, 4) is 11.3 Å². The highest BCUT2D eigenvalue weighted by atomic mass is 16.1. The van der Waals surface area contributed by atoms with Gasteiger partial charge in [0.2, 0.25) is 0 Å². The summed E-state index contributed by atoms with van der Waals surface area (Å²) in [4.78, 5) is 23.9. The van der Waals surface area contributed by atoms with Crippen molar-refractivity contribution in [3.63, 3.8) is 0 Å². The summed E-state index contributed by atoms with van der Waals surface area (Å²) >= 11 is 0. The van der Waals surface area contributed by atoms with Crippen LogP contribution in [0.3, 0.4) is 0 Å². The van der Waals surface area contributed by atoms with Gasteiger partial charge < -0.3 is 10.2 Å². The minimum absolute atomic E-state index is 0.239. The fourth-order valence-electron chi connectivity index (χ4n) is 3.54. The molecule has 0 bridgehead atoms. The first-order valence-electron chi connectivity index (χ1n) is 9.60. The maximum absolute atomic E-state index is 12.9. The molecule has 1 amide bonds. The summed E-state index contributed by atoms with van der Waals surface area (Å²) in [5.41, 5.74) is 3.76. The van der Waals surface area contributed by atoms with Crippen LogP contribution in [0.15, 0.2) is 42.9 Å². The molecule has 1 aliphatic heterocycles. The van der Waals surface area contributed by atoms with Gasteiger partial charge in [-0.15, -0.1) is 0 Å². The molecule has 3 aromatic heterocycles. The number of piperidine rings is 1. The lowest BCUT2D eigenvalue weighted by molar-refractivity contribution is 0.102.